The van der Waals surface area contributed by atoms with E-state index < -0.39 is 5.41 Å². The van der Waals surface area contributed by atoms with Crippen molar-refractivity contribution < 1.29 is 15.0 Å². The van der Waals surface area contributed by atoms with E-state index in [0.717, 1.165) is 5.56 Å². The van der Waals surface area contributed by atoms with Crippen molar-refractivity contribution in [3.8, 4) is 11.5 Å². The van der Waals surface area contributed by atoms with Gasteiger partial charge in [0, 0.05) is 12.0 Å². The molecule has 4 heteroatoms. The standard InChI is InChI=1S/C15H23NO3/c1-10(2)15(3,4)14(19)16-8-7-11-5-6-12(17)13(18)9-11/h5-6,9-10,17-18H,7-8H2,1-4H3,(H,16,19). The lowest BCUT2D eigenvalue weighted by atomic mass is 9.80. The SMILES string of the molecule is CC(C)C(C)(C)C(=O)NCCc1ccc(O)c(O)c1. The number of phenolic OH excluding ortho intramolecular Hbond substituents is 2. The monoisotopic (exact) mass is 265 g/mol. The van der Waals surface area contributed by atoms with Crippen molar-refractivity contribution >= 4 is 5.91 Å². The molecule has 0 saturated carbocycles. The van der Waals surface area contributed by atoms with Crippen LogP contribution >= 0.6 is 0 Å². The first-order valence-electron chi connectivity index (χ1n) is 6.54. The molecule has 1 rings (SSSR count). The van der Waals surface area contributed by atoms with E-state index in [1.54, 1.807) is 6.07 Å². The van der Waals surface area contributed by atoms with E-state index in [1.807, 2.05) is 27.7 Å². The van der Waals surface area contributed by atoms with E-state index in [1.165, 1.54) is 12.1 Å². The number of nitrogens with one attached hydrogen (secondary N) is 1. The Morgan fingerprint density at radius 3 is 2.42 bits per heavy atom. The summed E-state index contributed by atoms with van der Waals surface area (Å²) < 4.78 is 0. The van der Waals surface area contributed by atoms with Gasteiger partial charge in [-0.2, -0.15) is 0 Å². The largest absolute Gasteiger partial charge is 0.504 e. The minimum atomic E-state index is -0.392. The smallest absolute Gasteiger partial charge is 0.225 e. The lowest BCUT2D eigenvalue weighted by Crippen LogP contribution is -2.41. The van der Waals surface area contributed by atoms with E-state index in [9.17, 15) is 15.0 Å². The Kier molecular flexibility index (Phi) is 4.81. The van der Waals surface area contributed by atoms with Crippen molar-refractivity contribution in [2.45, 2.75) is 34.1 Å². The second-order valence-corrected chi connectivity index (χ2v) is 5.71. The van der Waals surface area contributed by atoms with Crippen molar-refractivity contribution in [2.24, 2.45) is 11.3 Å². The molecule has 0 bridgehead atoms. The van der Waals surface area contributed by atoms with Crippen LogP contribution in [-0.4, -0.2) is 22.7 Å². The number of rotatable bonds is 5. The quantitative estimate of drug-likeness (QED) is 0.716. The maximum Gasteiger partial charge on any atom is 0.225 e. The first-order chi connectivity index (χ1) is 8.75. The fraction of sp³-hybridized carbons (Fsp3) is 0.533. The number of hydrogen-bond donors (Lipinski definition) is 3. The molecule has 3 N–H and O–H groups in total. The number of carbonyl (C=O) groups excluding carboxylic acids is 1. The molecule has 0 aliphatic carbocycles. The van der Waals surface area contributed by atoms with E-state index in [0.29, 0.717) is 13.0 Å². The topological polar surface area (TPSA) is 69.6 Å². The molecule has 0 saturated heterocycles. The molecule has 0 atom stereocenters. The third-order valence-corrected chi connectivity index (χ3v) is 3.77. The Bertz CT molecular complexity index is 453. The van der Waals surface area contributed by atoms with E-state index >= 15 is 0 Å². The average Bonchev–Trinajstić information content (AvgIpc) is 2.33. The molecule has 1 amide bonds. The van der Waals surface area contributed by atoms with Gasteiger partial charge in [-0.05, 0) is 30.0 Å². The Morgan fingerprint density at radius 2 is 1.89 bits per heavy atom. The van der Waals surface area contributed by atoms with Gasteiger partial charge >= 0.3 is 0 Å². The fourth-order valence-corrected chi connectivity index (χ4v) is 1.53. The summed E-state index contributed by atoms with van der Waals surface area (Å²) in [5, 5.41) is 21.5. The highest BCUT2D eigenvalue weighted by Gasteiger charge is 2.30. The highest BCUT2D eigenvalue weighted by molar-refractivity contribution is 5.82. The minimum absolute atomic E-state index is 0.0329. The zero-order chi connectivity index (χ0) is 14.6. The van der Waals surface area contributed by atoms with Gasteiger partial charge in [0.05, 0.1) is 0 Å². The van der Waals surface area contributed by atoms with Crippen LogP contribution in [-0.2, 0) is 11.2 Å². The lowest BCUT2D eigenvalue weighted by Gasteiger charge is -2.27. The molecule has 1 aromatic rings. The highest BCUT2D eigenvalue weighted by atomic mass is 16.3. The Labute approximate surface area is 114 Å². The summed E-state index contributed by atoms with van der Waals surface area (Å²) in [4.78, 5) is 12.0. The van der Waals surface area contributed by atoms with Gasteiger partial charge in [0.1, 0.15) is 0 Å². The van der Waals surface area contributed by atoms with Crippen LogP contribution in [0.5, 0.6) is 11.5 Å². The summed E-state index contributed by atoms with van der Waals surface area (Å²) in [5.41, 5.74) is 0.481. The molecule has 19 heavy (non-hydrogen) atoms. The van der Waals surface area contributed by atoms with Crippen LogP contribution in [0, 0.1) is 11.3 Å². The number of benzene rings is 1. The van der Waals surface area contributed by atoms with E-state index in [4.69, 9.17) is 0 Å². The maximum absolute atomic E-state index is 12.0. The highest BCUT2D eigenvalue weighted by Crippen LogP contribution is 2.26. The maximum atomic E-state index is 12.0. The van der Waals surface area contributed by atoms with Crippen LogP contribution in [0.2, 0.25) is 0 Å². The van der Waals surface area contributed by atoms with Gasteiger partial charge in [0.25, 0.3) is 0 Å². The van der Waals surface area contributed by atoms with Gasteiger partial charge in [0.15, 0.2) is 11.5 Å². The molecular weight excluding hydrogens is 242 g/mol. The minimum Gasteiger partial charge on any atom is -0.504 e. The second-order valence-electron chi connectivity index (χ2n) is 5.71. The summed E-state index contributed by atoms with van der Waals surface area (Å²) in [6.45, 7) is 8.42. The fourth-order valence-electron chi connectivity index (χ4n) is 1.53. The molecule has 4 nitrogen and oxygen atoms in total. The number of amides is 1. The van der Waals surface area contributed by atoms with Crippen molar-refractivity contribution in [3.63, 3.8) is 0 Å². The zero-order valence-electron chi connectivity index (χ0n) is 12.0. The van der Waals surface area contributed by atoms with Gasteiger partial charge in [-0.1, -0.05) is 33.8 Å². The third-order valence-electron chi connectivity index (χ3n) is 3.77. The molecule has 0 heterocycles. The van der Waals surface area contributed by atoms with Gasteiger partial charge in [-0.15, -0.1) is 0 Å². The third kappa shape index (κ3) is 3.88. The van der Waals surface area contributed by atoms with Crippen LogP contribution in [0.15, 0.2) is 18.2 Å². The molecule has 0 radical (unpaired) electrons. The number of hydrogen-bond acceptors (Lipinski definition) is 3. The summed E-state index contributed by atoms with van der Waals surface area (Å²) in [5.74, 6) is 0.0378. The lowest BCUT2D eigenvalue weighted by molar-refractivity contribution is -0.131. The first-order valence-corrected chi connectivity index (χ1v) is 6.54. The summed E-state index contributed by atoms with van der Waals surface area (Å²) in [7, 11) is 0. The molecule has 0 spiro atoms. The molecule has 0 unspecified atom stereocenters. The summed E-state index contributed by atoms with van der Waals surface area (Å²) in [6, 6.07) is 4.69. The predicted octanol–water partition coefficient (Wildman–Crippen LogP) is 2.44. The van der Waals surface area contributed by atoms with Gasteiger partial charge in [-0.3, -0.25) is 4.79 Å². The van der Waals surface area contributed by atoms with Crippen LogP contribution in [0.1, 0.15) is 33.3 Å². The molecular formula is C15H23NO3. The molecule has 1 aromatic carbocycles. The average molecular weight is 265 g/mol. The second kappa shape index (κ2) is 5.95. The van der Waals surface area contributed by atoms with Crippen LogP contribution < -0.4 is 5.32 Å². The molecule has 0 aliphatic rings. The van der Waals surface area contributed by atoms with Crippen molar-refractivity contribution in [3.05, 3.63) is 23.8 Å². The van der Waals surface area contributed by atoms with Crippen molar-refractivity contribution in [2.75, 3.05) is 6.54 Å². The molecule has 0 aliphatic heterocycles. The number of aromatic hydroxyl groups is 2. The normalized spacial score (nSPS) is 11.6. The number of phenols is 2. The predicted molar refractivity (Wildman–Crippen MR) is 75.1 cm³/mol. The van der Waals surface area contributed by atoms with Crippen LogP contribution in [0.25, 0.3) is 0 Å². The van der Waals surface area contributed by atoms with Crippen LogP contribution in [0.4, 0.5) is 0 Å². The van der Waals surface area contributed by atoms with Gasteiger partial charge in [-0.25, -0.2) is 0 Å². The van der Waals surface area contributed by atoms with Gasteiger partial charge < -0.3 is 15.5 Å². The number of carbonyl (C=O) groups is 1. The van der Waals surface area contributed by atoms with E-state index in [2.05, 4.69) is 5.32 Å². The van der Waals surface area contributed by atoms with Gasteiger partial charge in [0.2, 0.25) is 5.91 Å². The first kappa shape index (κ1) is 15.3. The van der Waals surface area contributed by atoms with Crippen molar-refractivity contribution in [1.82, 2.24) is 5.32 Å². The Balaban J connectivity index is 2.50. The van der Waals surface area contributed by atoms with Crippen molar-refractivity contribution in [1.29, 1.82) is 0 Å². The van der Waals surface area contributed by atoms with E-state index in [-0.39, 0.29) is 23.3 Å². The molecule has 0 aromatic heterocycles. The Morgan fingerprint density at radius 1 is 1.26 bits per heavy atom. The molecule has 106 valence electrons. The summed E-state index contributed by atoms with van der Waals surface area (Å²) >= 11 is 0. The zero-order valence-corrected chi connectivity index (χ0v) is 12.0. The Hall–Kier alpha value is -1.71. The summed E-state index contributed by atoms with van der Waals surface area (Å²) in [6.07, 6.45) is 0.619. The van der Waals surface area contributed by atoms with Crippen LogP contribution in [0.3, 0.4) is 0 Å². The molecule has 0 fully saturated rings.